The molecular formula is C23H26ClN7O2S2. The van der Waals surface area contributed by atoms with Crippen molar-refractivity contribution in [1.82, 2.24) is 19.9 Å². The zero-order valence-corrected chi connectivity index (χ0v) is 21.8. The number of aryl methyl sites for hydroxylation is 1. The van der Waals surface area contributed by atoms with E-state index in [0.717, 1.165) is 63.6 Å². The highest BCUT2D eigenvalue weighted by Crippen LogP contribution is 2.33. The zero-order chi connectivity index (χ0) is 24.1. The van der Waals surface area contributed by atoms with E-state index in [1.165, 1.54) is 0 Å². The molecule has 0 spiro atoms. The first-order valence-electron chi connectivity index (χ1n) is 11.8. The normalized spacial score (nSPS) is 22.7. The first-order chi connectivity index (χ1) is 16.9. The molecule has 1 N–H and O–H groups in total. The molecule has 3 aliphatic rings. The summed E-state index contributed by atoms with van der Waals surface area (Å²) in [5.74, 6) is 2.09. The predicted molar refractivity (Wildman–Crippen MR) is 140 cm³/mol. The van der Waals surface area contributed by atoms with Crippen molar-refractivity contribution in [3.05, 3.63) is 28.9 Å². The molecule has 3 aromatic rings. The molecule has 2 unspecified atom stereocenters. The summed E-state index contributed by atoms with van der Waals surface area (Å²) in [4.78, 5) is 33.3. The van der Waals surface area contributed by atoms with Crippen LogP contribution < -0.4 is 15.1 Å². The molecule has 12 heteroatoms. The number of likely N-dealkylation sites (tertiary alicyclic amines) is 1. The van der Waals surface area contributed by atoms with Gasteiger partial charge < -0.3 is 20.0 Å². The van der Waals surface area contributed by atoms with E-state index < -0.39 is 10.8 Å². The van der Waals surface area contributed by atoms with Gasteiger partial charge in [-0.25, -0.2) is 9.97 Å². The average Bonchev–Trinajstić information content (AvgIpc) is 3.45. The van der Waals surface area contributed by atoms with E-state index in [-0.39, 0.29) is 11.9 Å². The second-order valence-electron chi connectivity index (χ2n) is 9.18. The van der Waals surface area contributed by atoms with E-state index >= 15 is 0 Å². The number of carbonyl (C=O) groups is 1. The average molecular weight is 532 g/mol. The van der Waals surface area contributed by atoms with Crippen molar-refractivity contribution in [3.8, 4) is 0 Å². The fourth-order valence-corrected chi connectivity index (χ4v) is 7.47. The van der Waals surface area contributed by atoms with Crippen molar-refractivity contribution in [3.63, 3.8) is 0 Å². The Morgan fingerprint density at radius 3 is 2.71 bits per heavy atom. The summed E-state index contributed by atoms with van der Waals surface area (Å²) in [6.45, 7) is 3.80. The number of benzene rings is 1. The van der Waals surface area contributed by atoms with Gasteiger partial charge in [0.1, 0.15) is 10.7 Å². The second-order valence-corrected chi connectivity index (χ2v) is 12.1. The van der Waals surface area contributed by atoms with Crippen molar-refractivity contribution in [2.24, 2.45) is 0 Å². The fourth-order valence-electron chi connectivity index (χ4n) is 4.87. The molecule has 0 saturated carbocycles. The molecule has 0 aliphatic carbocycles. The maximum atomic E-state index is 12.7. The van der Waals surface area contributed by atoms with Gasteiger partial charge in [0.15, 0.2) is 5.13 Å². The van der Waals surface area contributed by atoms with Crippen LogP contribution in [0.2, 0.25) is 5.02 Å². The molecule has 2 aromatic heterocycles. The Morgan fingerprint density at radius 2 is 1.91 bits per heavy atom. The number of anilines is 3. The van der Waals surface area contributed by atoms with Gasteiger partial charge in [-0.1, -0.05) is 22.9 Å². The summed E-state index contributed by atoms with van der Waals surface area (Å²) < 4.78 is 13.8. The minimum absolute atomic E-state index is 0.0894. The molecule has 5 heterocycles. The van der Waals surface area contributed by atoms with Crippen molar-refractivity contribution in [1.29, 1.82) is 0 Å². The van der Waals surface area contributed by atoms with Gasteiger partial charge in [-0.2, -0.15) is 4.98 Å². The Bertz CT molecular complexity index is 1320. The summed E-state index contributed by atoms with van der Waals surface area (Å²) in [7, 11) is 0.729. The summed E-state index contributed by atoms with van der Waals surface area (Å²) >= 11 is 7.80. The molecule has 3 aliphatic heterocycles. The Balaban J connectivity index is 1.20. The summed E-state index contributed by atoms with van der Waals surface area (Å²) in [6, 6.07) is 5.89. The van der Waals surface area contributed by atoms with Crippen molar-refractivity contribution in [2.75, 3.05) is 60.6 Å². The van der Waals surface area contributed by atoms with E-state index in [0.29, 0.717) is 36.9 Å². The molecule has 184 valence electrons. The second kappa shape index (κ2) is 9.18. The fraction of sp³-hybridized carbons (Fsp3) is 0.478. The minimum Gasteiger partial charge on any atom is -0.364 e. The third kappa shape index (κ3) is 4.45. The highest BCUT2D eigenvalue weighted by Gasteiger charge is 2.31. The molecule has 1 amide bonds. The molecule has 35 heavy (non-hydrogen) atoms. The van der Waals surface area contributed by atoms with Gasteiger partial charge in [0.2, 0.25) is 11.9 Å². The lowest BCUT2D eigenvalue weighted by atomic mass is 10.1. The number of carbonyl (C=O) groups excluding carboxylic acids is 1. The number of rotatable bonds is 4. The van der Waals surface area contributed by atoms with E-state index in [1.54, 1.807) is 16.2 Å². The van der Waals surface area contributed by atoms with Crippen LogP contribution in [0.4, 0.5) is 16.9 Å². The number of hydrogen-bond acceptors (Lipinski definition) is 9. The van der Waals surface area contributed by atoms with E-state index in [4.69, 9.17) is 26.6 Å². The van der Waals surface area contributed by atoms with Crippen LogP contribution in [0.1, 0.15) is 18.5 Å². The van der Waals surface area contributed by atoms with Gasteiger partial charge >= 0.3 is 0 Å². The standard InChI is InChI=1S/C23H26ClN7O2S2/c1-29-13-15(3-5-19(29)32)25-21-20-17(6-11-35(20)33)26-22(28-21)30-7-9-31(10-8-30)23-27-16-4-2-14(24)12-18(16)34-23/h2,4,12,15H,3,5-11,13H2,1H3,(H,25,26,28). The number of piperazine rings is 1. The number of nitrogens with zero attached hydrogens (tertiary/aromatic N) is 6. The topological polar surface area (TPSA) is 94.6 Å². The number of aromatic nitrogens is 3. The number of nitrogens with one attached hydrogen (secondary N) is 1. The molecule has 6 rings (SSSR count). The van der Waals surface area contributed by atoms with Crippen molar-refractivity contribution < 1.29 is 9.00 Å². The molecular weight excluding hydrogens is 506 g/mol. The lowest BCUT2D eigenvalue weighted by Crippen LogP contribution is -2.47. The first-order valence-corrected chi connectivity index (χ1v) is 14.3. The summed E-state index contributed by atoms with van der Waals surface area (Å²) in [5, 5.41) is 5.23. The minimum atomic E-state index is -1.09. The predicted octanol–water partition coefficient (Wildman–Crippen LogP) is 2.76. The van der Waals surface area contributed by atoms with Crippen LogP contribution in [0.25, 0.3) is 10.2 Å². The Hall–Kier alpha value is -2.50. The number of thiazole rings is 1. The SMILES string of the molecule is CN1CC(Nc2nc(N3CCN(c4nc5ccc(Cl)cc5s4)CC3)nc3c2S(=O)CC3)CCC1=O. The summed E-state index contributed by atoms with van der Waals surface area (Å²) in [6.07, 6.45) is 1.96. The third-order valence-corrected chi connectivity index (χ3v) is 9.59. The highest BCUT2D eigenvalue weighted by atomic mass is 35.5. The monoisotopic (exact) mass is 531 g/mol. The van der Waals surface area contributed by atoms with Crippen LogP contribution in [-0.2, 0) is 22.0 Å². The number of piperidine rings is 1. The van der Waals surface area contributed by atoms with Crippen LogP contribution in [0, 0.1) is 0 Å². The number of likely N-dealkylation sites (N-methyl/N-ethyl adjacent to an activating group) is 1. The van der Waals surface area contributed by atoms with Gasteiger partial charge in [0, 0.05) is 69.4 Å². The van der Waals surface area contributed by atoms with Crippen LogP contribution in [0.15, 0.2) is 23.1 Å². The van der Waals surface area contributed by atoms with Crippen molar-refractivity contribution in [2.45, 2.75) is 30.2 Å². The molecule has 0 radical (unpaired) electrons. The van der Waals surface area contributed by atoms with E-state index in [1.807, 2.05) is 25.2 Å². The molecule has 2 fully saturated rings. The van der Waals surface area contributed by atoms with Crippen LogP contribution in [0.3, 0.4) is 0 Å². The number of hydrogen-bond donors (Lipinski definition) is 1. The molecule has 1 aromatic carbocycles. The maximum absolute atomic E-state index is 12.7. The smallest absolute Gasteiger partial charge is 0.227 e. The van der Waals surface area contributed by atoms with E-state index in [2.05, 4.69) is 15.1 Å². The number of fused-ring (bicyclic) bond motifs is 2. The van der Waals surface area contributed by atoms with Crippen LogP contribution >= 0.6 is 22.9 Å². The lowest BCUT2D eigenvalue weighted by molar-refractivity contribution is -0.132. The molecule has 0 bridgehead atoms. The van der Waals surface area contributed by atoms with Gasteiger partial charge in [-0.05, 0) is 24.6 Å². The van der Waals surface area contributed by atoms with Gasteiger partial charge in [0.25, 0.3) is 0 Å². The highest BCUT2D eigenvalue weighted by molar-refractivity contribution is 7.85. The lowest BCUT2D eigenvalue weighted by Gasteiger charge is -2.35. The van der Waals surface area contributed by atoms with Crippen LogP contribution in [-0.4, -0.2) is 81.5 Å². The van der Waals surface area contributed by atoms with Gasteiger partial charge in [-0.15, -0.1) is 0 Å². The van der Waals surface area contributed by atoms with Gasteiger partial charge in [-0.3, -0.25) is 9.00 Å². The number of halogens is 1. The Morgan fingerprint density at radius 1 is 1.11 bits per heavy atom. The quantitative estimate of drug-likeness (QED) is 0.549. The molecule has 2 atom stereocenters. The first kappa shape index (κ1) is 22.9. The van der Waals surface area contributed by atoms with Crippen LogP contribution in [0.5, 0.6) is 0 Å². The Kier molecular flexibility index (Phi) is 6.01. The zero-order valence-electron chi connectivity index (χ0n) is 19.4. The summed E-state index contributed by atoms with van der Waals surface area (Å²) in [5.41, 5.74) is 1.85. The third-order valence-electron chi connectivity index (χ3n) is 6.82. The van der Waals surface area contributed by atoms with Gasteiger partial charge in [0.05, 0.1) is 26.7 Å². The van der Waals surface area contributed by atoms with E-state index in [9.17, 15) is 9.00 Å². The number of amides is 1. The largest absolute Gasteiger partial charge is 0.364 e. The molecule has 2 saturated heterocycles. The van der Waals surface area contributed by atoms with Crippen molar-refractivity contribution >= 4 is 66.8 Å². The maximum Gasteiger partial charge on any atom is 0.227 e. The molecule has 9 nitrogen and oxygen atoms in total. The Labute approximate surface area is 214 Å².